The SMILES string of the molecule is O=C(Oc1ccccc1)c1cccc(C(=O)Oc2ccccc2)c1C(=O)Oc1ccccc1. The minimum absolute atomic E-state index is 0.123. The molecule has 6 nitrogen and oxygen atoms in total. The molecule has 0 radical (unpaired) electrons. The second-order valence-electron chi connectivity index (χ2n) is 6.84. The number of para-hydroxylation sites is 3. The van der Waals surface area contributed by atoms with Gasteiger partial charge in [-0.1, -0.05) is 60.7 Å². The highest BCUT2D eigenvalue weighted by Crippen LogP contribution is 2.23. The Bertz CT molecular complexity index is 1200. The average Bonchev–Trinajstić information content (AvgIpc) is 2.85. The standard InChI is InChI=1S/C27H18O6/c28-25(31-19-11-4-1-5-12-19)22-17-10-18-23(26(29)32-20-13-6-2-7-14-20)24(22)27(30)33-21-15-8-3-9-16-21/h1-18H. The minimum Gasteiger partial charge on any atom is -0.423 e. The molecule has 4 aromatic rings. The van der Waals surface area contributed by atoms with E-state index in [-0.39, 0.29) is 22.4 Å². The molecule has 0 aliphatic rings. The van der Waals surface area contributed by atoms with Gasteiger partial charge in [-0.25, -0.2) is 14.4 Å². The van der Waals surface area contributed by atoms with E-state index >= 15 is 0 Å². The Labute approximate surface area is 190 Å². The highest BCUT2D eigenvalue weighted by atomic mass is 16.5. The molecule has 162 valence electrons. The Hall–Kier alpha value is -4.71. The quantitative estimate of drug-likeness (QED) is 0.299. The van der Waals surface area contributed by atoms with E-state index in [0.717, 1.165) is 0 Å². The Morgan fingerprint density at radius 2 is 0.727 bits per heavy atom. The lowest BCUT2D eigenvalue weighted by atomic mass is 10.0. The second-order valence-corrected chi connectivity index (χ2v) is 6.84. The Kier molecular flexibility index (Phi) is 6.56. The summed E-state index contributed by atoms with van der Waals surface area (Å²) in [5.41, 5.74) is -0.493. The monoisotopic (exact) mass is 438 g/mol. The Balaban J connectivity index is 1.72. The second kappa shape index (κ2) is 10.1. The van der Waals surface area contributed by atoms with Crippen molar-refractivity contribution in [2.75, 3.05) is 0 Å². The van der Waals surface area contributed by atoms with Crippen molar-refractivity contribution in [2.24, 2.45) is 0 Å². The van der Waals surface area contributed by atoms with Gasteiger partial charge in [-0.15, -0.1) is 0 Å². The molecule has 0 saturated carbocycles. The van der Waals surface area contributed by atoms with Crippen LogP contribution in [-0.2, 0) is 0 Å². The maximum absolute atomic E-state index is 13.1. The van der Waals surface area contributed by atoms with Crippen LogP contribution in [0.4, 0.5) is 0 Å². The highest BCUT2D eigenvalue weighted by Gasteiger charge is 2.28. The van der Waals surface area contributed by atoms with Crippen molar-refractivity contribution in [3.05, 3.63) is 126 Å². The molecule has 0 aromatic heterocycles. The summed E-state index contributed by atoms with van der Waals surface area (Å²) >= 11 is 0. The summed E-state index contributed by atoms with van der Waals surface area (Å²) in [4.78, 5) is 39.0. The molecular formula is C27H18O6. The first-order chi connectivity index (χ1) is 16.1. The lowest BCUT2D eigenvalue weighted by Crippen LogP contribution is -2.23. The van der Waals surface area contributed by atoms with E-state index in [2.05, 4.69) is 0 Å². The fraction of sp³-hybridized carbons (Fsp3) is 0. The van der Waals surface area contributed by atoms with Gasteiger partial charge >= 0.3 is 17.9 Å². The van der Waals surface area contributed by atoms with E-state index in [1.165, 1.54) is 18.2 Å². The summed E-state index contributed by atoms with van der Waals surface area (Å²) in [6.45, 7) is 0. The Morgan fingerprint density at radius 1 is 0.394 bits per heavy atom. The van der Waals surface area contributed by atoms with E-state index in [4.69, 9.17) is 14.2 Å². The summed E-state index contributed by atoms with van der Waals surface area (Å²) < 4.78 is 16.2. The Morgan fingerprint density at radius 3 is 1.09 bits per heavy atom. The van der Waals surface area contributed by atoms with Gasteiger partial charge in [0.2, 0.25) is 0 Å². The van der Waals surface area contributed by atoms with E-state index in [1.807, 2.05) is 0 Å². The van der Waals surface area contributed by atoms with E-state index in [0.29, 0.717) is 11.5 Å². The highest BCUT2D eigenvalue weighted by molar-refractivity contribution is 6.11. The summed E-state index contributed by atoms with van der Waals surface area (Å²) in [6, 6.07) is 29.4. The van der Waals surface area contributed by atoms with Gasteiger partial charge in [0.15, 0.2) is 0 Å². The van der Waals surface area contributed by atoms with E-state index in [9.17, 15) is 14.4 Å². The van der Waals surface area contributed by atoms with Crippen LogP contribution >= 0.6 is 0 Å². The maximum atomic E-state index is 13.1. The van der Waals surface area contributed by atoms with Crippen LogP contribution in [0.3, 0.4) is 0 Å². The maximum Gasteiger partial charge on any atom is 0.345 e. The molecule has 4 rings (SSSR count). The molecule has 0 aliphatic carbocycles. The van der Waals surface area contributed by atoms with Crippen LogP contribution in [0.1, 0.15) is 31.1 Å². The zero-order chi connectivity index (χ0) is 23.0. The lowest BCUT2D eigenvalue weighted by molar-refractivity contribution is 0.0674. The normalized spacial score (nSPS) is 10.2. The topological polar surface area (TPSA) is 78.9 Å². The first-order valence-corrected chi connectivity index (χ1v) is 10.1. The smallest absolute Gasteiger partial charge is 0.345 e. The van der Waals surface area contributed by atoms with Gasteiger partial charge in [-0.2, -0.15) is 0 Å². The number of hydrogen-bond acceptors (Lipinski definition) is 6. The summed E-state index contributed by atoms with van der Waals surface area (Å²) in [5.74, 6) is -1.66. The third kappa shape index (κ3) is 5.32. The molecule has 0 atom stereocenters. The first-order valence-electron chi connectivity index (χ1n) is 10.1. The van der Waals surface area contributed by atoms with Crippen molar-refractivity contribution in [2.45, 2.75) is 0 Å². The predicted octanol–water partition coefficient (Wildman–Crippen LogP) is 5.34. The van der Waals surface area contributed by atoms with Gasteiger partial charge in [-0.05, 0) is 48.5 Å². The fourth-order valence-corrected chi connectivity index (χ4v) is 3.06. The van der Waals surface area contributed by atoms with Crippen LogP contribution in [-0.4, -0.2) is 17.9 Å². The molecule has 0 N–H and O–H groups in total. The average molecular weight is 438 g/mol. The third-order valence-corrected chi connectivity index (χ3v) is 4.57. The number of ether oxygens (including phenoxy) is 3. The molecule has 0 heterocycles. The van der Waals surface area contributed by atoms with Gasteiger partial charge in [0.1, 0.15) is 17.2 Å². The zero-order valence-corrected chi connectivity index (χ0v) is 17.3. The fourth-order valence-electron chi connectivity index (χ4n) is 3.06. The van der Waals surface area contributed by atoms with Crippen molar-refractivity contribution >= 4 is 17.9 Å². The molecule has 4 aromatic carbocycles. The lowest BCUT2D eigenvalue weighted by Gasteiger charge is -2.13. The number of carbonyl (C=O) groups excluding carboxylic acids is 3. The zero-order valence-electron chi connectivity index (χ0n) is 17.3. The van der Waals surface area contributed by atoms with E-state index in [1.54, 1.807) is 91.0 Å². The molecule has 0 spiro atoms. The van der Waals surface area contributed by atoms with Crippen molar-refractivity contribution in [3.8, 4) is 17.2 Å². The predicted molar refractivity (Wildman–Crippen MR) is 121 cm³/mol. The molecule has 0 aliphatic heterocycles. The molecule has 33 heavy (non-hydrogen) atoms. The molecule has 0 fully saturated rings. The number of esters is 3. The van der Waals surface area contributed by atoms with Gasteiger partial charge in [0, 0.05) is 0 Å². The number of hydrogen-bond donors (Lipinski definition) is 0. The van der Waals surface area contributed by atoms with Crippen LogP contribution in [0.2, 0.25) is 0 Å². The van der Waals surface area contributed by atoms with Crippen LogP contribution in [0, 0.1) is 0 Å². The third-order valence-electron chi connectivity index (χ3n) is 4.57. The summed E-state index contributed by atoms with van der Waals surface area (Å²) in [7, 11) is 0. The minimum atomic E-state index is -0.887. The number of rotatable bonds is 6. The van der Waals surface area contributed by atoms with E-state index < -0.39 is 17.9 Å². The number of carbonyl (C=O) groups is 3. The van der Waals surface area contributed by atoms with Gasteiger partial charge in [0.05, 0.1) is 16.7 Å². The molecule has 6 heteroatoms. The van der Waals surface area contributed by atoms with Crippen LogP contribution in [0.25, 0.3) is 0 Å². The van der Waals surface area contributed by atoms with Crippen molar-refractivity contribution < 1.29 is 28.6 Å². The molecule has 0 unspecified atom stereocenters. The van der Waals surface area contributed by atoms with Crippen molar-refractivity contribution in [1.82, 2.24) is 0 Å². The van der Waals surface area contributed by atoms with Crippen LogP contribution in [0.15, 0.2) is 109 Å². The largest absolute Gasteiger partial charge is 0.423 e. The van der Waals surface area contributed by atoms with Crippen molar-refractivity contribution in [1.29, 1.82) is 0 Å². The van der Waals surface area contributed by atoms with Crippen LogP contribution in [0.5, 0.6) is 17.2 Å². The molecule has 0 bridgehead atoms. The molecule has 0 amide bonds. The first kappa shape index (κ1) is 21.5. The van der Waals surface area contributed by atoms with Gasteiger partial charge < -0.3 is 14.2 Å². The molecule has 0 saturated heterocycles. The molecular weight excluding hydrogens is 420 g/mol. The van der Waals surface area contributed by atoms with Gasteiger partial charge in [0.25, 0.3) is 0 Å². The summed E-state index contributed by atoms with van der Waals surface area (Å²) in [6.07, 6.45) is 0. The van der Waals surface area contributed by atoms with Crippen LogP contribution < -0.4 is 14.2 Å². The summed E-state index contributed by atoms with van der Waals surface area (Å²) in [5, 5.41) is 0. The van der Waals surface area contributed by atoms with Crippen molar-refractivity contribution in [3.63, 3.8) is 0 Å². The number of benzene rings is 4. The van der Waals surface area contributed by atoms with Gasteiger partial charge in [-0.3, -0.25) is 0 Å².